The van der Waals surface area contributed by atoms with Crippen LogP contribution < -0.4 is 10.6 Å². The zero-order valence-electron chi connectivity index (χ0n) is 11.5. The van der Waals surface area contributed by atoms with Crippen LogP contribution in [0.1, 0.15) is 19.3 Å². The number of piperidine rings is 1. The van der Waals surface area contributed by atoms with Crippen molar-refractivity contribution in [1.82, 2.24) is 10.3 Å². The first kappa shape index (κ1) is 13.7. The van der Waals surface area contributed by atoms with E-state index in [1.165, 1.54) is 19.3 Å². The van der Waals surface area contributed by atoms with Gasteiger partial charge >= 0.3 is 0 Å². The molecule has 0 radical (unpaired) electrons. The van der Waals surface area contributed by atoms with Gasteiger partial charge in [-0.3, -0.25) is 0 Å². The normalized spacial score (nSPS) is 16.4. The molecule has 0 bridgehead atoms. The van der Waals surface area contributed by atoms with E-state index in [0.29, 0.717) is 0 Å². The Hall–Kier alpha value is -1.32. The van der Waals surface area contributed by atoms with Gasteiger partial charge in [0.05, 0.1) is 5.02 Å². The summed E-state index contributed by atoms with van der Waals surface area (Å²) in [6.45, 7) is 3.27. The van der Waals surface area contributed by atoms with E-state index in [0.717, 1.165) is 47.2 Å². The quantitative estimate of drug-likeness (QED) is 0.901. The fourth-order valence-corrected chi connectivity index (χ4v) is 3.16. The summed E-state index contributed by atoms with van der Waals surface area (Å²) in [5, 5.41) is 9.79. The molecule has 1 aliphatic heterocycles. The summed E-state index contributed by atoms with van der Waals surface area (Å²) in [5.41, 5.74) is 0. The highest BCUT2D eigenvalue weighted by Crippen LogP contribution is 2.28. The number of rotatable bonds is 4. The SMILES string of the molecule is Clc1cccc2ccnc(NCCC3CCNCC3)c12. The Morgan fingerprint density at radius 2 is 2.10 bits per heavy atom. The van der Waals surface area contributed by atoms with E-state index in [1.54, 1.807) is 0 Å². The van der Waals surface area contributed by atoms with Gasteiger partial charge in [-0.2, -0.15) is 0 Å². The molecule has 20 heavy (non-hydrogen) atoms. The fourth-order valence-electron chi connectivity index (χ4n) is 2.89. The van der Waals surface area contributed by atoms with E-state index >= 15 is 0 Å². The molecular formula is C16H20ClN3. The monoisotopic (exact) mass is 289 g/mol. The van der Waals surface area contributed by atoms with Crippen LogP contribution in [0.5, 0.6) is 0 Å². The lowest BCUT2D eigenvalue weighted by atomic mass is 9.95. The highest BCUT2D eigenvalue weighted by Gasteiger charge is 2.13. The van der Waals surface area contributed by atoms with Gasteiger partial charge in [0, 0.05) is 18.1 Å². The van der Waals surface area contributed by atoms with Gasteiger partial charge in [-0.05, 0) is 55.8 Å². The number of pyridine rings is 1. The van der Waals surface area contributed by atoms with Crippen molar-refractivity contribution in [2.24, 2.45) is 5.92 Å². The smallest absolute Gasteiger partial charge is 0.135 e. The Kier molecular flexibility index (Phi) is 4.38. The number of halogens is 1. The molecule has 0 saturated carbocycles. The molecular weight excluding hydrogens is 270 g/mol. The molecule has 2 aromatic rings. The van der Waals surface area contributed by atoms with Gasteiger partial charge in [0.25, 0.3) is 0 Å². The highest BCUT2D eigenvalue weighted by atomic mass is 35.5. The first-order chi connectivity index (χ1) is 9.84. The molecule has 1 aromatic heterocycles. The highest BCUT2D eigenvalue weighted by molar-refractivity contribution is 6.36. The maximum absolute atomic E-state index is 6.30. The van der Waals surface area contributed by atoms with E-state index in [9.17, 15) is 0 Å². The number of anilines is 1. The number of fused-ring (bicyclic) bond motifs is 1. The largest absolute Gasteiger partial charge is 0.370 e. The van der Waals surface area contributed by atoms with Crippen molar-refractivity contribution in [2.45, 2.75) is 19.3 Å². The van der Waals surface area contributed by atoms with Crippen molar-refractivity contribution >= 4 is 28.2 Å². The second-order valence-corrected chi connectivity index (χ2v) is 5.81. The lowest BCUT2D eigenvalue weighted by Crippen LogP contribution is -2.28. The number of hydrogen-bond donors (Lipinski definition) is 2. The third-order valence-electron chi connectivity index (χ3n) is 4.04. The number of aromatic nitrogens is 1. The maximum atomic E-state index is 6.30. The van der Waals surface area contributed by atoms with Gasteiger partial charge < -0.3 is 10.6 Å². The van der Waals surface area contributed by atoms with E-state index in [4.69, 9.17) is 11.6 Å². The number of nitrogens with one attached hydrogen (secondary N) is 2. The van der Waals surface area contributed by atoms with Crippen molar-refractivity contribution in [3.8, 4) is 0 Å². The van der Waals surface area contributed by atoms with Crippen LogP contribution in [0, 0.1) is 5.92 Å². The third kappa shape index (κ3) is 3.05. The van der Waals surface area contributed by atoms with Gasteiger partial charge in [0.15, 0.2) is 0 Å². The van der Waals surface area contributed by atoms with Crippen LogP contribution in [0.4, 0.5) is 5.82 Å². The predicted octanol–water partition coefficient (Wildman–Crippen LogP) is 3.69. The van der Waals surface area contributed by atoms with Gasteiger partial charge in [-0.25, -0.2) is 4.98 Å². The summed E-state index contributed by atoms with van der Waals surface area (Å²) in [5.74, 6) is 1.73. The molecule has 2 heterocycles. The van der Waals surface area contributed by atoms with Crippen molar-refractivity contribution < 1.29 is 0 Å². The van der Waals surface area contributed by atoms with Crippen LogP contribution in [0.3, 0.4) is 0 Å². The Labute approximate surface area is 124 Å². The summed E-state index contributed by atoms with van der Waals surface area (Å²) in [4.78, 5) is 4.44. The van der Waals surface area contributed by atoms with Crippen LogP contribution in [-0.4, -0.2) is 24.6 Å². The summed E-state index contributed by atoms with van der Waals surface area (Å²) < 4.78 is 0. The molecule has 0 unspecified atom stereocenters. The Morgan fingerprint density at radius 3 is 2.95 bits per heavy atom. The molecule has 4 heteroatoms. The molecule has 0 atom stereocenters. The molecule has 0 aliphatic carbocycles. The van der Waals surface area contributed by atoms with Crippen LogP contribution >= 0.6 is 11.6 Å². The molecule has 0 amide bonds. The Morgan fingerprint density at radius 1 is 1.25 bits per heavy atom. The van der Waals surface area contributed by atoms with Crippen LogP contribution in [0.15, 0.2) is 30.5 Å². The van der Waals surface area contributed by atoms with Crippen molar-refractivity contribution in [3.63, 3.8) is 0 Å². The zero-order valence-corrected chi connectivity index (χ0v) is 12.3. The molecule has 0 spiro atoms. The minimum absolute atomic E-state index is 0.764. The molecule has 2 N–H and O–H groups in total. The molecule has 1 aliphatic rings. The van der Waals surface area contributed by atoms with E-state index in [-0.39, 0.29) is 0 Å². The van der Waals surface area contributed by atoms with Gasteiger partial charge in [0.2, 0.25) is 0 Å². The zero-order chi connectivity index (χ0) is 13.8. The second-order valence-electron chi connectivity index (χ2n) is 5.41. The van der Waals surface area contributed by atoms with Crippen molar-refractivity contribution in [3.05, 3.63) is 35.5 Å². The van der Waals surface area contributed by atoms with Crippen molar-refractivity contribution in [1.29, 1.82) is 0 Å². The fraction of sp³-hybridized carbons (Fsp3) is 0.438. The van der Waals surface area contributed by atoms with E-state index in [2.05, 4.69) is 21.7 Å². The molecule has 1 saturated heterocycles. The number of hydrogen-bond acceptors (Lipinski definition) is 3. The topological polar surface area (TPSA) is 37.0 Å². The second kappa shape index (κ2) is 6.42. The van der Waals surface area contributed by atoms with Gasteiger partial charge in [-0.15, -0.1) is 0 Å². The Balaban J connectivity index is 1.68. The third-order valence-corrected chi connectivity index (χ3v) is 4.36. The average Bonchev–Trinajstić information content (AvgIpc) is 2.49. The maximum Gasteiger partial charge on any atom is 0.135 e. The van der Waals surface area contributed by atoms with Gasteiger partial charge in [-0.1, -0.05) is 23.7 Å². The lowest BCUT2D eigenvalue weighted by Gasteiger charge is -2.22. The standard InChI is InChI=1S/C16H20ClN3/c17-14-3-1-2-13-7-11-20-16(15(13)14)19-10-6-12-4-8-18-9-5-12/h1-3,7,11-12,18H,4-6,8-10H2,(H,19,20). The summed E-state index contributed by atoms with van der Waals surface area (Å²) in [6, 6.07) is 7.97. The average molecular weight is 290 g/mol. The molecule has 1 fully saturated rings. The molecule has 1 aromatic carbocycles. The van der Waals surface area contributed by atoms with Crippen molar-refractivity contribution in [2.75, 3.05) is 25.0 Å². The summed E-state index contributed by atoms with van der Waals surface area (Å²) >= 11 is 6.30. The van der Waals surface area contributed by atoms with Crippen LogP contribution in [-0.2, 0) is 0 Å². The summed E-state index contributed by atoms with van der Waals surface area (Å²) in [7, 11) is 0. The van der Waals surface area contributed by atoms with Gasteiger partial charge in [0.1, 0.15) is 5.82 Å². The van der Waals surface area contributed by atoms with Crippen LogP contribution in [0.2, 0.25) is 5.02 Å². The molecule has 106 valence electrons. The summed E-state index contributed by atoms with van der Waals surface area (Å²) in [6.07, 6.45) is 5.60. The Bertz CT molecular complexity index is 574. The lowest BCUT2D eigenvalue weighted by molar-refractivity contribution is 0.361. The molecule has 3 rings (SSSR count). The minimum atomic E-state index is 0.764. The van der Waals surface area contributed by atoms with E-state index < -0.39 is 0 Å². The predicted molar refractivity (Wildman–Crippen MR) is 85.5 cm³/mol. The first-order valence-electron chi connectivity index (χ1n) is 7.32. The minimum Gasteiger partial charge on any atom is -0.370 e. The number of nitrogens with zero attached hydrogens (tertiary/aromatic N) is 1. The van der Waals surface area contributed by atoms with Crippen LogP contribution in [0.25, 0.3) is 10.8 Å². The van der Waals surface area contributed by atoms with E-state index in [1.807, 2.05) is 24.4 Å². The molecule has 3 nitrogen and oxygen atoms in total. The first-order valence-corrected chi connectivity index (χ1v) is 7.70. The number of benzene rings is 1.